The van der Waals surface area contributed by atoms with Gasteiger partial charge in [0.2, 0.25) is 6.10 Å². The standard InChI is InChI=1S/C25H27NO12/c1-26-7-6-24-19-11-2-3-12(27)20(19)38-21(24)14(4-5-25(24,35)16(26)8-11)36-18(31)9-13(28)23(34)37-15(22(32)33)10-17(29)30/h2-4,13,15-16,21,27-28,35H,5-10H2,1H3,(H,29,30)(H,32,33)/t13-,15-,16+,21-,24-,25+/m0/s1. The van der Waals surface area contributed by atoms with E-state index in [1.54, 1.807) is 6.07 Å². The first kappa shape index (κ1) is 25.9. The molecule has 0 radical (unpaired) electrons. The second kappa shape index (κ2) is 8.96. The number of likely N-dealkylation sites (N-methyl/N-ethyl adjacent to an activating group) is 1. The third-order valence-electron chi connectivity index (χ3n) is 8.11. The minimum Gasteiger partial charge on any atom is -0.504 e. The highest BCUT2D eigenvalue weighted by molar-refractivity contribution is 5.86. The van der Waals surface area contributed by atoms with Gasteiger partial charge in [-0.25, -0.2) is 9.59 Å². The van der Waals surface area contributed by atoms with Crippen LogP contribution in [0.25, 0.3) is 0 Å². The Morgan fingerprint density at radius 3 is 2.63 bits per heavy atom. The lowest BCUT2D eigenvalue weighted by Crippen LogP contribution is -2.74. The van der Waals surface area contributed by atoms with Gasteiger partial charge in [0.15, 0.2) is 23.7 Å². The maximum atomic E-state index is 12.7. The zero-order valence-corrected chi connectivity index (χ0v) is 20.3. The van der Waals surface area contributed by atoms with E-state index in [4.69, 9.17) is 19.7 Å². The quantitative estimate of drug-likeness (QED) is 0.266. The molecule has 13 nitrogen and oxygen atoms in total. The first-order valence-corrected chi connectivity index (χ1v) is 12.1. The van der Waals surface area contributed by atoms with Gasteiger partial charge >= 0.3 is 23.9 Å². The molecule has 0 aromatic heterocycles. The fraction of sp³-hybridized carbons (Fsp3) is 0.520. The average Bonchev–Trinajstić information content (AvgIpc) is 3.20. The van der Waals surface area contributed by atoms with Gasteiger partial charge in [-0.2, -0.15) is 0 Å². The van der Waals surface area contributed by atoms with Gasteiger partial charge in [-0.1, -0.05) is 6.07 Å². The SMILES string of the molecule is CN1CC[C@]23c4c5ccc(O)c4O[C@H]2C(OC(=O)C[C@H](O)C(=O)O[C@@H](CC(=O)O)C(=O)O)=CC[C@@]3(O)[C@H]1C5. The van der Waals surface area contributed by atoms with Gasteiger partial charge in [-0.3, -0.25) is 9.59 Å². The number of piperidine rings is 1. The van der Waals surface area contributed by atoms with Crippen molar-refractivity contribution in [3.8, 4) is 11.5 Å². The van der Waals surface area contributed by atoms with E-state index in [0.29, 0.717) is 24.9 Å². The Labute approximate surface area is 215 Å². The van der Waals surface area contributed by atoms with E-state index >= 15 is 0 Å². The minimum absolute atomic E-state index is 0.0567. The van der Waals surface area contributed by atoms with Gasteiger partial charge in [0.1, 0.15) is 5.76 Å². The fourth-order valence-corrected chi connectivity index (χ4v) is 6.41. The summed E-state index contributed by atoms with van der Waals surface area (Å²) in [5, 5.41) is 50.5. The van der Waals surface area contributed by atoms with Crippen molar-refractivity contribution < 1.29 is 58.9 Å². The molecule has 0 unspecified atom stereocenters. The molecule has 0 saturated carbocycles. The minimum atomic E-state index is -2.11. The van der Waals surface area contributed by atoms with E-state index in [9.17, 15) is 34.5 Å². The molecule has 2 aliphatic carbocycles. The normalized spacial score (nSPS) is 30.2. The number of carbonyl (C=O) groups excluding carboxylic acids is 2. The average molecular weight is 533 g/mol. The number of rotatable bonds is 8. The van der Waals surface area contributed by atoms with Gasteiger partial charge in [-0.05, 0) is 44.1 Å². The molecular weight excluding hydrogens is 506 g/mol. The molecule has 204 valence electrons. The van der Waals surface area contributed by atoms with Crippen LogP contribution in [0, 0.1) is 0 Å². The van der Waals surface area contributed by atoms with Gasteiger partial charge in [0.05, 0.1) is 23.9 Å². The summed E-state index contributed by atoms with van der Waals surface area (Å²) in [5.41, 5.74) is -0.662. The summed E-state index contributed by atoms with van der Waals surface area (Å²) in [6.45, 7) is 0.619. The number of benzene rings is 1. The number of aliphatic carboxylic acids is 2. The topological polar surface area (TPSA) is 200 Å². The Balaban J connectivity index is 1.36. The third-order valence-corrected chi connectivity index (χ3v) is 8.11. The molecule has 0 amide bonds. The molecule has 6 atom stereocenters. The van der Waals surface area contributed by atoms with Crippen molar-refractivity contribution in [2.75, 3.05) is 13.6 Å². The van der Waals surface area contributed by atoms with Crippen LogP contribution in [0.3, 0.4) is 0 Å². The van der Waals surface area contributed by atoms with E-state index in [0.717, 1.165) is 5.56 Å². The summed E-state index contributed by atoms with van der Waals surface area (Å²) in [7, 11) is 1.93. The number of hydrogen-bond acceptors (Lipinski definition) is 11. The maximum absolute atomic E-state index is 12.7. The lowest BCUT2D eigenvalue weighted by molar-refractivity contribution is -0.176. The smallest absolute Gasteiger partial charge is 0.345 e. The number of aliphatic hydroxyl groups excluding tert-OH is 1. The second-order valence-corrected chi connectivity index (χ2v) is 10.2. The molecule has 1 fully saturated rings. The van der Waals surface area contributed by atoms with Crippen LogP contribution >= 0.6 is 0 Å². The van der Waals surface area contributed by atoms with E-state index in [1.165, 1.54) is 12.1 Å². The van der Waals surface area contributed by atoms with Gasteiger partial charge in [0.25, 0.3) is 0 Å². The molecule has 1 aromatic rings. The van der Waals surface area contributed by atoms with Crippen LogP contribution in [0.1, 0.15) is 36.8 Å². The molecule has 5 rings (SSSR count). The Morgan fingerprint density at radius 1 is 1.21 bits per heavy atom. The monoisotopic (exact) mass is 533 g/mol. The number of ether oxygens (including phenoxy) is 3. The number of carboxylic acid groups (broad SMARTS) is 2. The largest absolute Gasteiger partial charge is 0.504 e. The van der Waals surface area contributed by atoms with Crippen molar-refractivity contribution in [3.05, 3.63) is 35.1 Å². The summed E-state index contributed by atoms with van der Waals surface area (Å²) in [6.07, 6.45) is -4.40. The summed E-state index contributed by atoms with van der Waals surface area (Å²) in [5.74, 6) is -5.64. The molecule has 1 saturated heterocycles. The highest BCUT2D eigenvalue weighted by Crippen LogP contribution is 2.65. The first-order chi connectivity index (χ1) is 17.9. The number of phenols is 1. The number of aromatic hydroxyl groups is 1. The summed E-state index contributed by atoms with van der Waals surface area (Å²) in [6, 6.07) is 3.08. The predicted octanol–water partition coefficient (Wildman–Crippen LogP) is -0.565. The number of carboxylic acids is 2. The molecular formula is C25H27NO12. The molecule has 5 N–H and O–H groups in total. The van der Waals surface area contributed by atoms with Crippen molar-refractivity contribution >= 4 is 23.9 Å². The highest BCUT2D eigenvalue weighted by Gasteiger charge is 2.72. The number of aliphatic hydroxyl groups is 2. The molecule has 2 bridgehead atoms. The van der Waals surface area contributed by atoms with Crippen molar-refractivity contribution in [1.82, 2.24) is 4.90 Å². The van der Waals surface area contributed by atoms with E-state index in [1.807, 2.05) is 7.05 Å². The molecule has 2 heterocycles. The summed E-state index contributed by atoms with van der Waals surface area (Å²) in [4.78, 5) is 48.8. The van der Waals surface area contributed by atoms with Crippen LogP contribution in [-0.4, -0.2) is 97.9 Å². The Bertz CT molecular complexity index is 1260. The number of phenolic OH excluding ortho intramolecular Hbond substituents is 1. The first-order valence-electron chi connectivity index (χ1n) is 12.1. The number of esters is 2. The Hall–Kier alpha value is -3.68. The fourth-order valence-electron chi connectivity index (χ4n) is 6.41. The van der Waals surface area contributed by atoms with Crippen LogP contribution in [-0.2, 0) is 40.5 Å². The van der Waals surface area contributed by atoms with E-state index in [-0.39, 0.29) is 29.7 Å². The number of hydrogen-bond donors (Lipinski definition) is 5. The zero-order chi connectivity index (χ0) is 27.6. The Morgan fingerprint density at radius 2 is 1.95 bits per heavy atom. The lowest BCUT2D eigenvalue weighted by Gasteiger charge is -2.61. The number of nitrogens with zero attached hydrogens (tertiary/aromatic N) is 1. The molecule has 13 heteroatoms. The lowest BCUT2D eigenvalue weighted by atomic mass is 9.50. The van der Waals surface area contributed by atoms with Crippen LogP contribution in [0.5, 0.6) is 11.5 Å². The van der Waals surface area contributed by atoms with Gasteiger partial charge in [0, 0.05) is 18.0 Å². The molecule has 1 spiro atoms. The van der Waals surface area contributed by atoms with E-state index < -0.39 is 66.0 Å². The van der Waals surface area contributed by atoms with E-state index in [2.05, 4.69) is 9.64 Å². The maximum Gasteiger partial charge on any atom is 0.345 e. The molecule has 38 heavy (non-hydrogen) atoms. The van der Waals surface area contributed by atoms with Gasteiger partial charge in [-0.15, -0.1) is 0 Å². The molecule has 4 aliphatic rings. The Kier molecular flexibility index (Phi) is 6.12. The van der Waals surface area contributed by atoms with Gasteiger partial charge < -0.3 is 44.6 Å². The van der Waals surface area contributed by atoms with Crippen molar-refractivity contribution in [1.29, 1.82) is 0 Å². The van der Waals surface area contributed by atoms with Crippen LogP contribution in [0.4, 0.5) is 0 Å². The number of carbonyl (C=O) groups is 4. The zero-order valence-electron chi connectivity index (χ0n) is 20.3. The summed E-state index contributed by atoms with van der Waals surface area (Å²) >= 11 is 0. The predicted molar refractivity (Wildman–Crippen MR) is 123 cm³/mol. The second-order valence-electron chi connectivity index (χ2n) is 10.2. The van der Waals surface area contributed by atoms with Crippen molar-refractivity contribution in [2.24, 2.45) is 0 Å². The molecule has 2 aliphatic heterocycles. The van der Waals surface area contributed by atoms with Crippen molar-refractivity contribution in [3.63, 3.8) is 0 Å². The highest BCUT2D eigenvalue weighted by atomic mass is 16.6. The van der Waals surface area contributed by atoms with Crippen LogP contribution < -0.4 is 4.74 Å². The number of likely N-dealkylation sites (tertiary alicyclic amines) is 1. The van der Waals surface area contributed by atoms with Crippen LogP contribution in [0.15, 0.2) is 24.0 Å². The van der Waals surface area contributed by atoms with Crippen LogP contribution in [0.2, 0.25) is 0 Å². The molecule has 1 aromatic carbocycles. The third kappa shape index (κ3) is 3.72. The summed E-state index contributed by atoms with van der Waals surface area (Å²) < 4.78 is 16.2. The van der Waals surface area contributed by atoms with Crippen molar-refractivity contribution in [2.45, 2.75) is 67.5 Å².